The molecule has 0 bridgehead atoms. The Balaban J connectivity index is 1.70. The molecule has 0 aromatic heterocycles. The lowest BCUT2D eigenvalue weighted by Crippen LogP contribution is -2.48. The van der Waals surface area contributed by atoms with Crippen molar-refractivity contribution in [3.8, 4) is 5.75 Å². The zero-order chi connectivity index (χ0) is 27.1. The summed E-state index contributed by atoms with van der Waals surface area (Å²) in [6, 6.07) is 22.3. The van der Waals surface area contributed by atoms with Crippen LogP contribution in [-0.2, 0) is 9.53 Å². The lowest BCUT2D eigenvalue weighted by molar-refractivity contribution is -0.138. The molecule has 38 heavy (non-hydrogen) atoms. The SMILES string of the molecule is CCCN1C(=O)NC(c2ccc(NC(=O)c3cccc(OC)c3)cc2)C(C(=O)OCC)=C1c1ccccc1. The van der Waals surface area contributed by atoms with E-state index in [2.05, 4.69) is 10.6 Å². The molecule has 1 heterocycles. The van der Waals surface area contributed by atoms with E-state index >= 15 is 0 Å². The molecular weight excluding hydrogens is 482 g/mol. The molecule has 1 unspecified atom stereocenters. The van der Waals surface area contributed by atoms with Gasteiger partial charge in [0.25, 0.3) is 5.91 Å². The van der Waals surface area contributed by atoms with Gasteiger partial charge in [0, 0.05) is 17.8 Å². The molecule has 0 spiro atoms. The van der Waals surface area contributed by atoms with Crippen LogP contribution >= 0.6 is 0 Å². The number of esters is 1. The van der Waals surface area contributed by atoms with Gasteiger partial charge in [0.15, 0.2) is 0 Å². The van der Waals surface area contributed by atoms with Crippen molar-refractivity contribution < 1.29 is 23.9 Å². The van der Waals surface area contributed by atoms with Gasteiger partial charge < -0.3 is 20.1 Å². The van der Waals surface area contributed by atoms with Gasteiger partial charge in [-0.25, -0.2) is 9.59 Å². The number of urea groups is 1. The molecule has 2 N–H and O–H groups in total. The fraction of sp³-hybridized carbons (Fsp3) is 0.233. The molecule has 0 aliphatic carbocycles. The van der Waals surface area contributed by atoms with Crippen molar-refractivity contribution in [2.45, 2.75) is 26.3 Å². The van der Waals surface area contributed by atoms with Crippen molar-refractivity contribution in [2.75, 3.05) is 25.6 Å². The van der Waals surface area contributed by atoms with E-state index in [0.717, 1.165) is 5.56 Å². The van der Waals surface area contributed by atoms with Crippen LogP contribution < -0.4 is 15.4 Å². The molecule has 1 atom stereocenters. The first-order valence-electron chi connectivity index (χ1n) is 12.6. The highest BCUT2D eigenvalue weighted by atomic mass is 16.5. The Morgan fingerprint density at radius 1 is 0.974 bits per heavy atom. The Kier molecular flexibility index (Phi) is 8.43. The van der Waals surface area contributed by atoms with Gasteiger partial charge >= 0.3 is 12.0 Å². The number of ether oxygens (including phenoxy) is 2. The molecule has 4 rings (SSSR count). The largest absolute Gasteiger partial charge is 0.497 e. The molecule has 0 saturated heterocycles. The summed E-state index contributed by atoms with van der Waals surface area (Å²) in [7, 11) is 1.55. The molecule has 3 aromatic carbocycles. The lowest BCUT2D eigenvalue weighted by Gasteiger charge is -2.36. The molecule has 0 radical (unpaired) electrons. The van der Waals surface area contributed by atoms with Crippen LogP contribution in [0.2, 0.25) is 0 Å². The van der Waals surface area contributed by atoms with Crippen LogP contribution in [0.15, 0.2) is 84.4 Å². The van der Waals surface area contributed by atoms with Crippen LogP contribution in [0.3, 0.4) is 0 Å². The minimum atomic E-state index is -0.729. The molecule has 1 aliphatic rings. The predicted molar refractivity (Wildman–Crippen MR) is 146 cm³/mol. The zero-order valence-electron chi connectivity index (χ0n) is 21.7. The zero-order valence-corrected chi connectivity index (χ0v) is 21.7. The van der Waals surface area contributed by atoms with Crippen LogP contribution in [0, 0.1) is 0 Å². The van der Waals surface area contributed by atoms with Crippen LogP contribution in [0.25, 0.3) is 5.70 Å². The van der Waals surface area contributed by atoms with Crippen LogP contribution in [-0.4, -0.2) is 43.1 Å². The first-order chi connectivity index (χ1) is 18.5. The number of nitrogens with zero attached hydrogens (tertiary/aromatic N) is 1. The number of nitrogens with one attached hydrogen (secondary N) is 2. The molecule has 196 valence electrons. The fourth-order valence-corrected chi connectivity index (χ4v) is 4.40. The van der Waals surface area contributed by atoms with E-state index in [4.69, 9.17) is 9.47 Å². The van der Waals surface area contributed by atoms with E-state index in [9.17, 15) is 14.4 Å². The highest BCUT2D eigenvalue weighted by Crippen LogP contribution is 2.37. The summed E-state index contributed by atoms with van der Waals surface area (Å²) in [4.78, 5) is 40.9. The number of anilines is 1. The highest BCUT2D eigenvalue weighted by Gasteiger charge is 2.38. The third-order valence-electron chi connectivity index (χ3n) is 6.15. The number of hydrogen-bond donors (Lipinski definition) is 2. The van der Waals surface area contributed by atoms with Crippen LogP contribution in [0.4, 0.5) is 10.5 Å². The van der Waals surface area contributed by atoms with Gasteiger partial charge in [-0.05, 0) is 54.8 Å². The Morgan fingerprint density at radius 3 is 2.37 bits per heavy atom. The van der Waals surface area contributed by atoms with Crippen molar-refractivity contribution in [3.05, 3.63) is 101 Å². The van der Waals surface area contributed by atoms with E-state index < -0.39 is 12.0 Å². The quantitative estimate of drug-likeness (QED) is 0.374. The van der Waals surface area contributed by atoms with Crippen LogP contribution in [0.1, 0.15) is 47.8 Å². The maximum absolute atomic E-state index is 13.3. The maximum atomic E-state index is 13.3. The van der Waals surface area contributed by atoms with Gasteiger partial charge in [-0.3, -0.25) is 9.69 Å². The van der Waals surface area contributed by atoms with E-state index in [1.54, 1.807) is 67.5 Å². The van der Waals surface area contributed by atoms with Gasteiger partial charge in [0.1, 0.15) is 5.75 Å². The number of carbonyl (C=O) groups excluding carboxylic acids is 3. The number of rotatable bonds is 9. The van der Waals surface area contributed by atoms with Crippen LogP contribution in [0.5, 0.6) is 5.75 Å². The van der Waals surface area contributed by atoms with Crippen molar-refractivity contribution in [1.29, 1.82) is 0 Å². The number of benzene rings is 3. The van der Waals surface area contributed by atoms with Gasteiger partial charge in [0.2, 0.25) is 0 Å². The molecule has 8 heteroatoms. The second kappa shape index (κ2) is 12.1. The van der Waals surface area contributed by atoms with Crippen molar-refractivity contribution >= 4 is 29.3 Å². The van der Waals surface area contributed by atoms with Crippen molar-refractivity contribution in [2.24, 2.45) is 0 Å². The summed E-state index contributed by atoms with van der Waals surface area (Å²) in [5.41, 5.74) is 3.37. The minimum absolute atomic E-state index is 0.202. The first-order valence-corrected chi connectivity index (χ1v) is 12.6. The molecule has 3 aromatic rings. The normalized spacial score (nSPS) is 15.1. The third kappa shape index (κ3) is 5.70. The van der Waals surface area contributed by atoms with Gasteiger partial charge in [-0.1, -0.05) is 55.5 Å². The standard InChI is InChI=1S/C30H31N3O5/c1-4-18-33-27(21-10-7-6-8-11-21)25(29(35)38-5-2)26(32-30(33)36)20-14-16-23(17-15-20)31-28(34)22-12-9-13-24(19-22)37-3/h6-17,19,26H,4-5,18H2,1-3H3,(H,31,34)(H,32,36). The highest BCUT2D eigenvalue weighted by molar-refractivity contribution is 6.05. The molecule has 0 saturated carbocycles. The molecule has 1 aliphatic heterocycles. The van der Waals surface area contributed by atoms with E-state index in [-0.39, 0.29) is 18.5 Å². The van der Waals surface area contributed by atoms with Crippen molar-refractivity contribution in [3.63, 3.8) is 0 Å². The first kappa shape index (κ1) is 26.5. The smallest absolute Gasteiger partial charge is 0.338 e. The minimum Gasteiger partial charge on any atom is -0.497 e. The third-order valence-corrected chi connectivity index (χ3v) is 6.15. The van der Waals surface area contributed by atoms with Crippen molar-refractivity contribution in [1.82, 2.24) is 10.2 Å². The monoisotopic (exact) mass is 513 g/mol. The molecule has 3 amide bonds. The summed E-state index contributed by atoms with van der Waals surface area (Å²) in [6.45, 7) is 4.38. The summed E-state index contributed by atoms with van der Waals surface area (Å²) in [5.74, 6) is -0.185. The average Bonchev–Trinajstić information content (AvgIpc) is 2.94. The predicted octanol–water partition coefficient (Wildman–Crippen LogP) is 5.40. The second-order valence-corrected chi connectivity index (χ2v) is 8.69. The number of carbonyl (C=O) groups is 3. The summed E-state index contributed by atoms with van der Waals surface area (Å²) >= 11 is 0. The van der Waals surface area contributed by atoms with E-state index in [1.165, 1.54) is 0 Å². The molecule has 8 nitrogen and oxygen atoms in total. The summed E-state index contributed by atoms with van der Waals surface area (Å²) in [5, 5.41) is 5.85. The number of amides is 3. The summed E-state index contributed by atoms with van der Waals surface area (Å²) in [6.07, 6.45) is 0.714. The van der Waals surface area contributed by atoms with E-state index in [0.29, 0.717) is 46.8 Å². The number of hydrogen-bond acceptors (Lipinski definition) is 5. The summed E-state index contributed by atoms with van der Waals surface area (Å²) < 4.78 is 10.6. The average molecular weight is 514 g/mol. The Hall–Kier alpha value is -4.59. The van der Waals surface area contributed by atoms with Gasteiger partial charge in [-0.15, -0.1) is 0 Å². The maximum Gasteiger partial charge on any atom is 0.338 e. The Bertz CT molecular complexity index is 1340. The molecular formula is C30H31N3O5. The van der Waals surface area contributed by atoms with Gasteiger partial charge in [-0.2, -0.15) is 0 Å². The molecule has 0 fully saturated rings. The Labute approximate surface area is 222 Å². The number of methoxy groups -OCH3 is 1. The van der Waals surface area contributed by atoms with Gasteiger partial charge in [0.05, 0.1) is 31.0 Å². The Morgan fingerprint density at radius 2 is 1.71 bits per heavy atom. The van der Waals surface area contributed by atoms with E-state index in [1.807, 2.05) is 37.3 Å². The topological polar surface area (TPSA) is 97.0 Å². The fourth-order valence-electron chi connectivity index (χ4n) is 4.40. The lowest BCUT2D eigenvalue weighted by atomic mass is 9.91. The second-order valence-electron chi connectivity index (χ2n) is 8.69.